The number of hydrogen-bond donors (Lipinski definition) is 4. The molecule has 0 saturated carbocycles. The third-order valence-electron chi connectivity index (χ3n) is 2.03. The van der Waals surface area contributed by atoms with Crippen LogP contribution in [0, 0.1) is 0 Å². The summed E-state index contributed by atoms with van der Waals surface area (Å²) in [5.74, 6) is -1.42. The molecular weight excluding hydrogens is 242 g/mol. The van der Waals surface area contributed by atoms with Crippen molar-refractivity contribution in [3.8, 4) is 0 Å². The van der Waals surface area contributed by atoms with Gasteiger partial charge in [0.15, 0.2) is 0 Å². The average Bonchev–Trinajstić information content (AvgIpc) is 2.26. The minimum atomic E-state index is -1.06. The van der Waals surface area contributed by atoms with E-state index in [1.165, 1.54) is 23.9 Å². The fraction of sp³-hybridized carbons (Fsp3) is 0.200. The molecule has 1 atom stereocenters. The van der Waals surface area contributed by atoms with Gasteiger partial charge in [0.2, 0.25) is 5.91 Å². The summed E-state index contributed by atoms with van der Waals surface area (Å²) in [6.45, 7) is 0. The molecule has 0 aliphatic heterocycles. The maximum Gasteiger partial charge on any atom is 0.321 e. The summed E-state index contributed by atoms with van der Waals surface area (Å²) >= 11 is 1.22. The zero-order valence-electron chi connectivity index (χ0n) is 8.92. The van der Waals surface area contributed by atoms with Gasteiger partial charge in [-0.15, -0.1) is 11.8 Å². The highest BCUT2D eigenvalue weighted by Gasteiger charge is 2.13. The summed E-state index contributed by atoms with van der Waals surface area (Å²) in [5.41, 5.74) is 16.9. The first kappa shape index (κ1) is 13.3. The van der Waals surface area contributed by atoms with Crippen LogP contribution in [0.1, 0.15) is 10.4 Å². The number of rotatable bonds is 5. The fourth-order valence-electron chi connectivity index (χ4n) is 1.08. The number of primary amides is 1. The van der Waals surface area contributed by atoms with E-state index in [0.717, 1.165) is 0 Å². The van der Waals surface area contributed by atoms with Crippen molar-refractivity contribution in [3.63, 3.8) is 0 Å². The van der Waals surface area contributed by atoms with Gasteiger partial charge in [-0.3, -0.25) is 9.59 Å². The third-order valence-corrected chi connectivity index (χ3v) is 3.24. The Labute approximate surface area is 102 Å². The molecule has 1 aromatic carbocycles. The number of carbonyl (C=O) groups excluding carboxylic acids is 1. The first-order chi connectivity index (χ1) is 7.91. The fourth-order valence-corrected chi connectivity index (χ4v) is 1.98. The summed E-state index contributed by atoms with van der Waals surface area (Å²) in [4.78, 5) is 22.1. The second-order valence-electron chi connectivity index (χ2n) is 3.37. The minimum Gasteiger partial charge on any atom is -0.480 e. The SMILES string of the molecule is NC(=O)c1ccc(SCC(N)C(=O)O)c(N)c1. The molecular formula is C10H13N3O3S. The largest absolute Gasteiger partial charge is 0.480 e. The van der Waals surface area contributed by atoms with Gasteiger partial charge in [-0.1, -0.05) is 0 Å². The van der Waals surface area contributed by atoms with E-state index in [2.05, 4.69) is 0 Å². The van der Waals surface area contributed by atoms with Crippen LogP contribution in [0.2, 0.25) is 0 Å². The second-order valence-corrected chi connectivity index (χ2v) is 4.43. The van der Waals surface area contributed by atoms with E-state index in [-0.39, 0.29) is 5.75 Å². The Hall–Kier alpha value is -1.73. The molecule has 0 radical (unpaired) electrons. The molecule has 0 bridgehead atoms. The van der Waals surface area contributed by atoms with Crippen LogP contribution in [0.15, 0.2) is 23.1 Å². The molecule has 1 unspecified atom stereocenters. The van der Waals surface area contributed by atoms with E-state index >= 15 is 0 Å². The molecule has 0 fully saturated rings. The smallest absolute Gasteiger partial charge is 0.321 e. The lowest BCUT2D eigenvalue weighted by Gasteiger charge is -2.08. The lowest BCUT2D eigenvalue weighted by molar-refractivity contribution is -0.137. The summed E-state index contributed by atoms with van der Waals surface area (Å²) in [6, 6.07) is 3.66. The summed E-state index contributed by atoms with van der Waals surface area (Å²) in [5, 5.41) is 8.62. The van der Waals surface area contributed by atoms with Crippen molar-refractivity contribution < 1.29 is 14.7 Å². The topological polar surface area (TPSA) is 132 Å². The Bertz CT molecular complexity index is 450. The van der Waals surface area contributed by atoms with Crippen molar-refractivity contribution in [2.75, 3.05) is 11.5 Å². The third kappa shape index (κ3) is 3.65. The number of carboxylic acid groups (broad SMARTS) is 1. The minimum absolute atomic E-state index is 0.204. The van der Waals surface area contributed by atoms with Gasteiger partial charge in [0, 0.05) is 21.9 Å². The lowest BCUT2D eigenvalue weighted by Crippen LogP contribution is -2.32. The molecule has 0 saturated heterocycles. The number of carbonyl (C=O) groups is 2. The molecule has 0 aliphatic carbocycles. The number of anilines is 1. The quantitative estimate of drug-likeness (QED) is 0.428. The van der Waals surface area contributed by atoms with Crippen LogP contribution in [-0.4, -0.2) is 28.8 Å². The Morgan fingerprint density at radius 2 is 2.06 bits per heavy atom. The molecule has 92 valence electrons. The first-order valence-corrected chi connectivity index (χ1v) is 5.71. The van der Waals surface area contributed by atoms with Crippen molar-refractivity contribution in [1.29, 1.82) is 0 Å². The normalized spacial score (nSPS) is 12.1. The Morgan fingerprint density at radius 3 is 2.53 bits per heavy atom. The van der Waals surface area contributed by atoms with Crippen molar-refractivity contribution in [3.05, 3.63) is 23.8 Å². The van der Waals surface area contributed by atoms with Crippen molar-refractivity contribution in [2.24, 2.45) is 11.5 Å². The number of thioether (sulfide) groups is 1. The van der Waals surface area contributed by atoms with Gasteiger partial charge >= 0.3 is 5.97 Å². The molecule has 7 heteroatoms. The summed E-state index contributed by atoms with van der Waals surface area (Å²) in [7, 11) is 0. The van der Waals surface area contributed by atoms with Crippen LogP contribution in [-0.2, 0) is 4.79 Å². The predicted molar refractivity (Wildman–Crippen MR) is 65.7 cm³/mol. The molecule has 1 amide bonds. The van der Waals surface area contributed by atoms with Gasteiger partial charge < -0.3 is 22.3 Å². The molecule has 0 aliphatic rings. The lowest BCUT2D eigenvalue weighted by atomic mass is 10.2. The number of benzene rings is 1. The average molecular weight is 255 g/mol. The molecule has 1 aromatic rings. The highest BCUT2D eigenvalue weighted by molar-refractivity contribution is 7.99. The van der Waals surface area contributed by atoms with Crippen LogP contribution in [0.4, 0.5) is 5.69 Å². The molecule has 6 nitrogen and oxygen atoms in total. The van der Waals surface area contributed by atoms with Crippen LogP contribution in [0.5, 0.6) is 0 Å². The van der Waals surface area contributed by atoms with E-state index in [0.29, 0.717) is 16.1 Å². The standard InChI is InChI=1S/C10H13N3O3S/c11-6-3-5(9(13)14)1-2-8(6)17-4-7(12)10(15)16/h1-3,7H,4,11-12H2,(H2,13,14)(H,15,16). The van der Waals surface area contributed by atoms with E-state index in [9.17, 15) is 9.59 Å². The van der Waals surface area contributed by atoms with Gasteiger partial charge in [-0.05, 0) is 18.2 Å². The number of nitrogen functional groups attached to an aromatic ring is 1. The van der Waals surface area contributed by atoms with Crippen LogP contribution < -0.4 is 17.2 Å². The number of carboxylic acids is 1. The second kappa shape index (κ2) is 5.55. The van der Waals surface area contributed by atoms with Crippen molar-refractivity contribution in [2.45, 2.75) is 10.9 Å². The Kier molecular flexibility index (Phi) is 4.36. The van der Waals surface area contributed by atoms with Crippen LogP contribution >= 0.6 is 11.8 Å². The maximum atomic E-state index is 10.9. The Morgan fingerprint density at radius 1 is 1.41 bits per heavy atom. The monoisotopic (exact) mass is 255 g/mol. The number of amides is 1. The van der Waals surface area contributed by atoms with Crippen LogP contribution in [0.3, 0.4) is 0 Å². The zero-order valence-corrected chi connectivity index (χ0v) is 9.74. The van der Waals surface area contributed by atoms with Crippen molar-refractivity contribution >= 4 is 29.3 Å². The number of aliphatic carboxylic acids is 1. The van der Waals surface area contributed by atoms with Gasteiger partial charge in [0.25, 0.3) is 0 Å². The highest BCUT2D eigenvalue weighted by Crippen LogP contribution is 2.26. The van der Waals surface area contributed by atoms with Gasteiger partial charge in [-0.25, -0.2) is 0 Å². The number of hydrogen-bond acceptors (Lipinski definition) is 5. The van der Waals surface area contributed by atoms with E-state index in [1.54, 1.807) is 6.07 Å². The molecule has 17 heavy (non-hydrogen) atoms. The maximum absolute atomic E-state index is 10.9. The van der Waals surface area contributed by atoms with E-state index < -0.39 is 17.9 Å². The van der Waals surface area contributed by atoms with Crippen molar-refractivity contribution in [1.82, 2.24) is 0 Å². The van der Waals surface area contributed by atoms with E-state index in [1.807, 2.05) is 0 Å². The molecule has 7 N–H and O–H groups in total. The Balaban J connectivity index is 2.73. The predicted octanol–water partition coefficient (Wildman–Crippen LogP) is -0.128. The molecule has 1 rings (SSSR count). The zero-order chi connectivity index (χ0) is 13.0. The highest BCUT2D eigenvalue weighted by atomic mass is 32.2. The van der Waals surface area contributed by atoms with Gasteiger partial charge in [0.05, 0.1) is 0 Å². The summed E-state index contributed by atoms with van der Waals surface area (Å²) < 4.78 is 0. The molecule has 0 aromatic heterocycles. The van der Waals surface area contributed by atoms with Crippen LogP contribution in [0.25, 0.3) is 0 Å². The first-order valence-electron chi connectivity index (χ1n) is 4.72. The van der Waals surface area contributed by atoms with E-state index in [4.69, 9.17) is 22.3 Å². The molecule has 0 heterocycles. The van der Waals surface area contributed by atoms with Gasteiger partial charge in [-0.2, -0.15) is 0 Å². The number of nitrogens with two attached hydrogens (primary N) is 3. The van der Waals surface area contributed by atoms with Gasteiger partial charge in [0.1, 0.15) is 6.04 Å². The molecule has 0 spiro atoms. The summed E-state index contributed by atoms with van der Waals surface area (Å²) in [6.07, 6.45) is 0.